The van der Waals surface area contributed by atoms with E-state index in [0.29, 0.717) is 0 Å². The fraction of sp³-hybridized carbons (Fsp3) is 0.400. The first-order chi connectivity index (χ1) is 7.55. The summed E-state index contributed by atoms with van der Waals surface area (Å²) in [5, 5.41) is 16.0. The molecule has 6 nitrogen and oxygen atoms in total. The number of nitro benzene ring substituents is 1. The second-order valence-electron chi connectivity index (χ2n) is 4.70. The fourth-order valence-electron chi connectivity index (χ4n) is 1.66. The number of hydrogen-bond donors (Lipinski definition) is 1. The Labute approximate surface area is 99.6 Å². The summed E-state index contributed by atoms with van der Waals surface area (Å²) in [4.78, 5) is 10.1. The monoisotopic (exact) mass is 258 g/mol. The zero-order valence-corrected chi connectivity index (χ0v) is 10.6. The predicted octanol–water partition coefficient (Wildman–Crippen LogP) is 1.54. The fourth-order valence-corrected chi connectivity index (χ4v) is 2.63. The number of nitrogens with two attached hydrogens (primary N) is 1. The van der Waals surface area contributed by atoms with E-state index in [0.717, 1.165) is 0 Å². The van der Waals surface area contributed by atoms with Gasteiger partial charge in [0.1, 0.15) is 0 Å². The summed E-state index contributed by atoms with van der Waals surface area (Å²) in [5.74, 6) is 0. The predicted molar refractivity (Wildman–Crippen MR) is 63.2 cm³/mol. The molecular formula is C10H14N2O4S. The molecule has 0 bridgehead atoms. The third-order valence-electron chi connectivity index (χ3n) is 2.26. The molecule has 0 heterocycles. The van der Waals surface area contributed by atoms with Crippen molar-refractivity contribution in [2.75, 3.05) is 0 Å². The Morgan fingerprint density at radius 3 is 2.18 bits per heavy atom. The van der Waals surface area contributed by atoms with Gasteiger partial charge in [-0.05, 0) is 11.5 Å². The van der Waals surface area contributed by atoms with Crippen LogP contribution < -0.4 is 5.14 Å². The maximum Gasteiger partial charge on any atom is 0.274 e. The minimum absolute atomic E-state index is 0.132. The summed E-state index contributed by atoms with van der Waals surface area (Å²) < 4.78 is 22.9. The number of primary sulfonamides is 1. The molecule has 0 atom stereocenters. The van der Waals surface area contributed by atoms with Crippen LogP contribution in [-0.4, -0.2) is 13.3 Å². The van der Waals surface area contributed by atoms with Gasteiger partial charge in [0.25, 0.3) is 5.69 Å². The SMILES string of the molecule is CC(C)(C)c1c([N+](=O)[O-])cccc1S(N)(=O)=O. The zero-order chi connectivity index (χ0) is 13.4. The Balaban J connectivity index is 3.76. The maximum absolute atomic E-state index is 11.4. The molecular weight excluding hydrogens is 244 g/mol. The Kier molecular flexibility index (Phi) is 3.26. The molecule has 0 radical (unpaired) electrons. The van der Waals surface area contributed by atoms with Crippen LogP contribution >= 0.6 is 0 Å². The molecule has 0 fully saturated rings. The molecule has 1 aromatic rings. The Bertz CT molecular complexity index is 558. The van der Waals surface area contributed by atoms with Crippen LogP contribution in [0, 0.1) is 10.1 Å². The highest BCUT2D eigenvalue weighted by Gasteiger charge is 2.31. The molecule has 0 aliphatic rings. The lowest BCUT2D eigenvalue weighted by molar-refractivity contribution is -0.386. The summed E-state index contributed by atoms with van der Waals surface area (Å²) in [5.41, 5.74) is -0.789. The van der Waals surface area contributed by atoms with Crippen LogP contribution in [0.3, 0.4) is 0 Å². The van der Waals surface area contributed by atoms with Crippen molar-refractivity contribution < 1.29 is 13.3 Å². The largest absolute Gasteiger partial charge is 0.274 e. The van der Waals surface area contributed by atoms with Gasteiger partial charge in [0, 0.05) is 6.07 Å². The first-order valence-corrected chi connectivity index (χ1v) is 6.40. The molecule has 7 heteroatoms. The number of rotatable bonds is 2. The molecule has 0 aliphatic carbocycles. The van der Waals surface area contributed by atoms with Crippen molar-refractivity contribution in [2.24, 2.45) is 5.14 Å². The van der Waals surface area contributed by atoms with Crippen LogP contribution in [0.15, 0.2) is 23.1 Å². The summed E-state index contributed by atoms with van der Waals surface area (Å²) in [6, 6.07) is 3.87. The molecule has 17 heavy (non-hydrogen) atoms. The molecule has 0 saturated carbocycles. The Morgan fingerprint density at radius 2 is 1.82 bits per heavy atom. The van der Waals surface area contributed by atoms with Crippen molar-refractivity contribution in [3.63, 3.8) is 0 Å². The second kappa shape index (κ2) is 4.08. The van der Waals surface area contributed by atoms with Gasteiger partial charge in [0.05, 0.1) is 15.4 Å². The number of hydrogen-bond acceptors (Lipinski definition) is 4. The zero-order valence-electron chi connectivity index (χ0n) is 9.80. The Hall–Kier alpha value is -1.47. The van der Waals surface area contributed by atoms with E-state index in [2.05, 4.69) is 0 Å². The number of nitro groups is 1. The van der Waals surface area contributed by atoms with Crippen LogP contribution in [0.2, 0.25) is 0 Å². The van der Waals surface area contributed by atoms with Crippen molar-refractivity contribution in [3.05, 3.63) is 33.9 Å². The average Bonchev–Trinajstić information content (AvgIpc) is 2.13. The molecule has 0 saturated heterocycles. The first kappa shape index (κ1) is 13.6. The van der Waals surface area contributed by atoms with E-state index in [-0.39, 0.29) is 16.1 Å². The van der Waals surface area contributed by atoms with Gasteiger partial charge in [-0.15, -0.1) is 0 Å². The normalized spacial score (nSPS) is 12.5. The van der Waals surface area contributed by atoms with E-state index in [1.54, 1.807) is 20.8 Å². The van der Waals surface area contributed by atoms with Crippen LogP contribution in [0.5, 0.6) is 0 Å². The third-order valence-corrected chi connectivity index (χ3v) is 3.21. The Morgan fingerprint density at radius 1 is 1.29 bits per heavy atom. The molecule has 0 amide bonds. The van der Waals surface area contributed by atoms with Crippen molar-refractivity contribution in [1.29, 1.82) is 0 Å². The quantitative estimate of drug-likeness (QED) is 0.641. The first-order valence-electron chi connectivity index (χ1n) is 4.86. The van der Waals surface area contributed by atoms with E-state index in [1.807, 2.05) is 0 Å². The summed E-state index contributed by atoms with van der Waals surface area (Å²) >= 11 is 0. The third kappa shape index (κ3) is 2.80. The van der Waals surface area contributed by atoms with Gasteiger partial charge in [-0.25, -0.2) is 13.6 Å². The van der Waals surface area contributed by atoms with Crippen molar-refractivity contribution in [1.82, 2.24) is 0 Å². The molecule has 1 aromatic carbocycles. The molecule has 0 aromatic heterocycles. The lowest BCUT2D eigenvalue weighted by Crippen LogP contribution is -2.22. The van der Waals surface area contributed by atoms with Crippen molar-refractivity contribution in [3.8, 4) is 0 Å². The van der Waals surface area contributed by atoms with E-state index >= 15 is 0 Å². The lowest BCUT2D eigenvalue weighted by Gasteiger charge is -2.21. The number of benzene rings is 1. The van der Waals surface area contributed by atoms with E-state index in [4.69, 9.17) is 5.14 Å². The minimum Gasteiger partial charge on any atom is -0.258 e. The number of sulfonamides is 1. The highest BCUT2D eigenvalue weighted by Crippen LogP contribution is 2.35. The average molecular weight is 258 g/mol. The van der Waals surface area contributed by atoms with Gasteiger partial charge in [0.2, 0.25) is 10.0 Å². The number of nitrogens with zero attached hydrogens (tertiary/aromatic N) is 1. The van der Waals surface area contributed by atoms with Crippen LogP contribution in [0.4, 0.5) is 5.69 Å². The smallest absolute Gasteiger partial charge is 0.258 e. The standard InChI is InChI=1S/C10H14N2O4S/c1-10(2,3)9-7(12(13)14)5-4-6-8(9)17(11,15)16/h4-6H,1-3H3,(H2,11,15,16). The van der Waals surface area contributed by atoms with Crippen molar-refractivity contribution >= 4 is 15.7 Å². The maximum atomic E-state index is 11.4. The molecule has 0 spiro atoms. The van der Waals surface area contributed by atoms with Crippen LogP contribution in [0.1, 0.15) is 26.3 Å². The second-order valence-corrected chi connectivity index (χ2v) is 6.23. The van der Waals surface area contributed by atoms with Gasteiger partial charge in [-0.3, -0.25) is 10.1 Å². The van der Waals surface area contributed by atoms with Crippen LogP contribution in [0.25, 0.3) is 0 Å². The lowest BCUT2D eigenvalue weighted by atomic mass is 9.86. The summed E-state index contributed by atoms with van der Waals surface area (Å²) in [6.07, 6.45) is 0. The summed E-state index contributed by atoms with van der Waals surface area (Å²) in [6.45, 7) is 5.10. The van der Waals surface area contributed by atoms with Gasteiger partial charge in [0.15, 0.2) is 0 Å². The van der Waals surface area contributed by atoms with E-state index < -0.39 is 20.4 Å². The van der Waals surface area contributed by atoms with Gasteiger partial charge in [-0.2, -0.15) is 0 Å². The topological polar surface area (TPSA) is 103 Å². The highest BCUT2D eigenvalue weighted by molar-refractivity contribution is 7.89. The molecule has 1 rings (SSSR count). The van der Waals surface area contributed by atoms with Crippen molar-refractivity contribution in [2.45, 2.75) is 31.1 Å². The summed E-state index contributed by atoms with van der Waals surface area (Å²) in [7, 11) is -3.98. The highest BCUT2D eigenvalue weighted by atomic mass is 32.2. The van der Waals surface area contributed by atoms with E-state index in [1.165, 1.54) is 18.2 Å². The van der Waals surface area contributed by atoms with E-state index in [9.17, 15) is 18.5 Å². The van der Waals surface area contributed by atoms with Gasteiger partial charge < -0.3 is 0 Å². The van der Waals surface area contributed by atoms with Gasteiger partial charge >= 0.3 is 0 Å². The molecule has 94 valence electrons. The molecule has 0 aliphatic heterocycles. The molecule has 2 N–H and O–H groups in total. The van der Waals surface area contributed by atoms with Gasteiger partial charge in [-0.1, -0.05) is 26.8 Å². The molecule has 0 unspecified atom stereocenters. The van der Waals surface area contributed by atoms with Crippen LogP contribution in [-0.2, 0) is 15.4 Å². The minimum atomic E-state index is -3.98.